The quantitative estimate of drug-likeness (QED) is 0.820. The van der Waals surface area contributed by atoms with Crippen molar-refractivity contribution >= 4 is 17.2 Å². The average Bonchev–Trinajstić information content (AvgIpc) is 2.75. The van der Waals surface area contributed by atoms with E-state index in [0.29, 0.717) is 11.7 Å². The predicted octanol–water partition coefficient (Wildman–Crippen LogP) is 2.26. The van der Waals surface area contributed by atoms with Crippen LogP contribution in [0.15, 0.2) is 16.1 Å². The van der Waals surface area contributed by atoms with E-state index in [1.807, 2.05) is 5.51 Å². The van der Waals surface area contributed by atoms with Crippen LogP contribution >= 0.6 is 11.3 Å². The number of hydrogen-bond donors (Lipinski definition) is 1. The lowest BCUT2D eigenvalue weighted by atomic mass is 10.2. The molecule has 0 unspecified atom stereocenters. The van der Waals surface area contributed by atoms with Gasteiger partial charge in [0.2, 0.25) is 0 Å². The van der Waals surface area contributed by atoms with Crippen molar-refractivity contribution in [3.8, 4) is 10.6 Å². The second-order valence-corrected chi connectivity index (χ2v) is 4.31. The van der Waals surface area contributed by atoms with Gasteiger partial charge in [-0.05, 0) is 12.8 Å². The van der Waals surface area contributed by atoms with E-state index in [0.717, 1.165) is 16.3 Å². The Labute approximate surface area is 84.7 Å². The molecule has 0 aromatic carbocycles. The van der Waals surface area contributed by atoms with E-state index < -0.39 is 0 Å². The van der Waals surface area contributed by atoms with Gasteiger partial charge < -0.3 is 10.3 Å². The Morgan fingerprint density at radius 1 is 1.50 bits per heavy atom. The van der Waals surface area contributed by atoms with Gasteiger partial charge in [0.05, 0.1) is 16.1 Å². The molecule has 72 valence electrons. The van der Waals surface area contributed by atoms with Gasteiger partial charge in [-0.2, -0.15) is 0 Å². The molecule has 1 fully saturated rings. The Morgan fingerprint density at radius 2 is 2.36 bits per heavy atom. The van der Waals surface area contributed by atoms with E-state index in [9.17, 15) is 0 Å². The molecule has 0 atom stereocenters. The first-order valence-electron chi connectivity index (χ1n) is 4.50. The minimum Gasteiger partial charge on any atom is -0.381 e. The molecule has 3 rings (SSSR count). The topological polar surface area (TPSA) is 64.9 Å². The molecular weight excluding hydrogens is 198 g/mol. The van der Waals surface area contributed by atoms with Crippen LogP contribution in [0, 0.1) is 0 Å². The number of nitrogens with zero attached hydrogens (tertiary/aromatic N) is 2. The Bertz CT molecular complexity index is 458. The summed E-state index contributed by atoms with van der Waals surface area (Å²) < 4.78 is 5.12. The number of nitrogens with two attached hydrogens (primary N) is 1. The molecule has 1 aliphatic carbocycles. The van der Waals surface area contributed by atoms with Crippen LogP contribution in [-0.2, 0) is 0 Å². The van der Waals surface area contributed by atoms with Gasteiger partial charge in [0, 0.05) is 12.0 Å². The molecule has 1 saturated carbocycles. The lowest BCUT2D eigenvalue weighted by Gasteiger charge is -1.93. The van der Waals surface area contributed by atoms with Crippen LogP contribution in [0.1, 0.15) is 24.5 Å². The van der Waals surface area contributed by atoms with Crippen LogP contribution in [-0.4, -0.2) is 10.1 Å². The first-order valence-corrected chi connectivity index (χ1v) is 5.38. The molecule has 5 heteroatoms. The maximum Gasteiger partial charge on any atom is 0.180 e. The van der Waals surface area contributed by atoms with Crippen LogP contribution in [0.5, 0.6) is 0 Å². The molecule has 2 heterocycles. The zero-order chi connectivity index (χ0) is 9.54. The summed E-state index contributed by atoms with van der Waals surface area (Å²) in [5.74, 6) is 1.80. The summed E-state index contributed by atoms with van der Waals surface area (Å²) in [7, 11) is 0. The van der Waals surface area contributed by atoms with Crippen LogP contribution < -0.4 is 5.73 Å². The lowest BCUT2D eigenvalue weighted by Crippen LogP contribution is -1.82. The fourth-order valence-corrected chi connectivity index (χ4v) is 2.31. The highest BCUT2D eigenvalue weighted by molar-refractivity contribution is 7.13. The highest BCUT2D eigenvalue weighted by Crippen LogP contribution is 2.45. The third kappa shape index (κ3) is 1.21. The molecule has 0 spiro atoms. The summed E-state index contributed by atoms with van der Waals surface area (Å²) in [6, 6.07) is 1.75. The van der Waals surface area contributed by atoms with Crippen molar-refractivity contribution in [2.45, 2.75) is 18.8 Å². The minimum absolute atomic E-state index is 0.426. The first-order chi connectivity index (χ1) is 6.84. The van der Waals surface area contributed by atoms with Crippen molar-refractivity contribution in [1.82, 2.24) is 10.1 Å². The van der Waals surface area contributed by atoms with Crippen molar-refractivity contribution in [2.24, 2.45) is 0 Å². The van der Waals surface area contributed by atoms with Crippen LogP contribution in [0.3, 0.4) is 0 Å². The number of thiazole rings is 1. The van der Waals surface area contributed by atoms with Gasteiger partial charge in [-0.15, -0.1) is 11.3 Å². The Kier molecular flexibility index (Phi) is 1.61. The zero-order valence-electron chi connectivity index (χ0n) is 7.43. The SMILES string of the molecule is Nc1cc(-c2scnc2C2CC2)on1. The lowest BCUT2D eigenvalue weighted by molar-refractivity contribution is 0.436. The second kappa shape index (κ2) is 2.81. The molecule has 14 heavy (non-hydrogen) atoms. The van der Waals surface area contributed by atoms with Gasteiger partial charge in [-0.3, -0.25) is 0 Å². The summed E-state index contributed by atoms with van der Waals surface area (Å²) in [5, 5.41) is 3.68. The summed E-state index contributed by atoms with van der Waals surface area (Å²) in [6.07, 6.45) is 2.47. The smallest absolute Gasteiger partial charge is 0.180 e. The fourth-order valence-electron chi connectivity index (χ4n) is 1.48. The Morgan fingerprint density at radius 3 is 3.00 bits per heavy atom. The van der Waals surface area contributed by atoms with E-state index in [2.05, 4.69) is 10.1 Å². The maximum atomic E-state index is 5.51. The van der Waals surface area contributed by atoms with Crippen molar-refractivity contribution in [3.63, 3.8) is 0 Å². The van der Waals surface area contributed by atoms with Gasteiger partial charge in [0.1, 0.15) is 0 Å². The molecule has 2 aromatic rings. The molecule has 2 aromatic heterocycles. The molecule has 0 saturated heterocycles. The molecule has 0 radical (unpaired) electrons. The van der Waals surface area contributed by atoms with Gasteiger partial charge >= 0.3 is 0 Å². The van der Waals surface area contributed by atoms with E-state index in [4.69, 9.17) is 10.3 Å². The molecule has 0 bridgehead atoms. The molecule has 1 aliphatic rings. The number of anilines is 1. The third-order valence-electron chi connectivity index (χ3n) is 2.31. The summed E-state index contributed by atoms with van der Waals surface area (Å²) in [5.41, 5.74) is 8.50. The number of aromatic nitrogens is 2. The normalized spacial score (nSPS) is 16.0. The third-order valence-corrected chi connectivity index (χ3v) is 3.17. The molecule has 2 N–H and O–H groups in total. The summed E-state index contributed by atoms with van der Waals surface area (Å²) in [4.78, 5) is 5.43. The average molecular weight is 207 g/mol. The maximum absolute atomic E-state index is 5.51. The first kappa shape index (κ1) is 7.99. The molecule has 0 aliphatic heterocycles. The zero-order valence-corrected chi connectivity index (χ0v) is 8.25. The Hall–Kier alpha value is -1.36. The van der Waals surface area contributed by atoms with Gasteiger partial charge in [-0.1, -0.05) is 5.16 Å². The fraction of sp³-hybridized carbons (Fsp3) is 0.333. The summed E-state index contributed by atoms with van der Waals surface area (Å²) in [6.45, 7) is 0. The van der Waals surface area contributed by atoms with Gasteiger partial charge in [-0.25, -0.2) is 4.98 Å². The molecule has 0 amide bonds. The van der Waals surface area contributed by atoms with Gasteiger partial charge in [0.25, 0.3) is 0 Å². The van der Waals surface area contributed by atoms with Crippen LogP contribution in [0.2, 0.25) is 0 Å². The van der Waals surface area contributed by atoms with E-state index >= 15 is 0 Å². The van der Waals surface area contributed by atoms with Gasteiger partial charge in [0.15, 0.2) is 11.6 Å². The highest BCUT2D eigenvalue weighted by atomic mass is 32.1. The van der Waals surface area contributed by atoms with Crippen molar-refractivity contribution in [1.29, 1.82) is 0 Å². The summed E-state index contributed by atoms with van der Waals surface area (Å²) >= 11 is 1.58. The van der Waals surface area contributed by atoms with Crippen LogP contribution in [0.4, 0.5) is 5.82 Å². The standard InChI is InChI=1S/C9H9N3OS/c10-7-3-6(13-12-7)9-8(5-1-2-5)11-4-14-9/h3-5H,1-2H2,(H2,10,12). The van der Waals surface area contributed by atoms with Crippen molar-refractivity contribution in [3.05, 3.63) is 17.3 Å². The Balaban J connectivity index is 2.06. The monoisotopic (exact) mass is 207 g/mol. The molecular formula is C9H9N3OS. The van der Waals surface area contributed by atoms with E-state index in [1.54, 1.807) is 17.4 Å². The van der Waals surface area contributed by atoms with E-state index in [1.165, 1.54) is 12.8 Å². The van der Waals surface area contributed by atoms with Crippen LogP contribution in [0.25, 0.3) is 10.6 Å². The second-order valence-electron chi connectivity index (χ2n) is 3.46. The highest BCUT2D eigenvalue weighted by Gasteiger charge is 2.29. The van der Waals surface area contributed by atoms with Crippen molar-refractivity contribution < 1.29 is 4.52 Å². The number of rotatable bonds is 2. The largest absolute Gasteiger partial charge is 0.381 e. The predicted molar refractivity (Wildman–Crippen MR) is 54.0 cm³/mol. The number of hydrogen-bond acceptors (Lipinski definition) is 5. The van der Waals surface area contributed by atoms with E-state index in [-0.39, 0.29) is 0 Å². The van der Waals surface area contributed by atoms with Crippen molar-refractivity contribution in [2.75, 3.05) is 5.73 Å². The molecule has 4 nitrogen and oxygen atoms in total. The minimum atomic E-state index is 0.426. The number of nitrogen functional groups attached to an aromatic ring is 1.